The standard InChI is InChI=1S/C15H18N2O2/c1-9(2)13-14(19-11(4)16-13)15(18)17-12-8-6-5-7-10(12)3/h5-9H,1-4H3,(H,17,18). The SMILES string of the molecule is Cc1nc(C(C)C)c(C(=O)Nc2ccccc2C)o1. The van der Waals surface area contributed by atoms with Gasteiger partial charge in [0.15, 0.2) is 5.89 Å². The van der Waals surface area contributed by atoms with Crippen LogP contribution < -0.4 is 5.32 Å². The first kappa shape index (κ1) is 13.3. The van der Waals surface area contributed by atoms with E-state index in [-0.39, 0.29) is 11.8 Å². The minimum atomic E-state index is -0.251. The molecular weight excluding hydrogens is 240 g/mol. The molecule has 4 heteroatoms. The Balaban J connectivity index is 2.28. The van der Waals surface area contributed by atoms with Gasteiger partial charge in [-0.05, 0) is 24.5 Å². The molecule has 0 saturated heterocycles. The van der Waals surface area contributed by atoms with Crippen LogP contribution in [0.15, 0.2) is 28.7 Å². The van der Waals surface area contributed by atoms with E-state index >= 15 is 0 Å². The molecule has 0 aliphatic carbocycles. The molecule has 0 atom stereocenters. The summed E-state index contributed by atoms with van der Waals surface area (Å²) in [6.07, 6.45) is 0. The second-order valence-corrected chi connectivity index (χ2v) is 4.87. The van der Waals surface area contributed by atoms with Crippen molar-refractivity contribution < 1.29 is 9.21 Å². The third kappa shape index (κ3) is 2.84. The van der Waals surface area contributed by atoms with Crippen LogP contribution in [-0.4, -0.2) is 10.9 Å². The number of carbonyl (C=O) groups excluding carboxylic acids is 1. The molecule has 0 radical (unpaired) electrons. The van der Waals surface area contributed by atoms with Crippen LogP contribution in [0.5, 0.6) is 0 Å². The Bertz CT molecular complexity index is 600. The van der Waals surface area contributed by atoms with E-state index in [0.717, 1.165) is 11.3 Å². The number of aromatic nitrogens is 1. The molecule has 4 nitrogen and oxygen atoms in total. The predicted octanol–water partition coefficient (Wildman–Crippen LogP) is 3.67. The van der Waals surface area contributed by atoms with Gasteiger partial charge in [-0.2, -0.15) is 0 Å². The Morgan fingerprint density at radius 2 is 1.95 bits per heavy atom. The minimum Gasteiger partial charge on any atom is -0.436 e. The molecule has 100 valence electrons. The van der Waals surface area contributed by atoms with Crippen molar-refractivity contribution in [1.29, 1.82) is 0 Å². The van der Waals surface area contributed by atoms with Crippen molar-refractivity contribution in [2.45, 2.75) is 33.6 Å². The molecule has 1 amide bonds. The Kier molecular flexibility index (Phi) is 3.69. The van der Waals surface area contributed by atoms with Gasteiger partial charge in [0.2, 0.25) is 5.76 Å². The number of nitrogens with zero attached hydrogens (tertiary/aromatic N) is 1. The van der Waals surface area contributed by atoms with E-state index in [9.17, 15) is 4.79 Å². The van der Waals surface area contributed by atoms with Crippen LogP contribution >= 0.6 is 0 Å². The molecule has 0 aliphatic rings. The van der Waals surface area contributed by atoms with E-state index in [4.69, 9.17) is 4.42 Å². The number of oxazole rings is 1. The Morgan fingerprint density at radius 1 is 1.26 bits per heavy atom. The summed E-state index contributed by atoms with van der Waals surface area (Å²) in [7, 11) is 0. The molecule has 0 bridgehead atoms. The molecule has 1 aromatic heterocycles. The van der Waals surface area contributed by atoms with Gasteiger partial charge in [-0.25, -0.2) is 4.98 Å². The lowest BCUT2D eigenvalue weighted by molar-refractivity contribution is 0.0993. The minimum absolute atomic E-state index is 0.148. The number of anilines is 1. The molecule has 2 aromatic rings. The summed E-state index contributed by atoms with van der Waals surface area (Å²) in [4.78, 5) is 16.5. The predicted molar refractivity (Wildman–Crippen MR) is 74.5 cm³/mol. The van der Waals surface area contributed by atoms with Crippen molar-refractivity contribution in [1.82, 2.24) is 4.98 Å². The largest absolute Gasteiger partial charge is 0.436 e. The lowest BCUT2D eigenvalue weighted by Gasteiger charge is -2.08. The van der Waals surface area contributed by atoms with Crippen LogP contribution in [0.25, 0.3) is 0 Å². The second-order valence-electron chi connectivity index (χ2n) is 4.87. The van der Waals surface area contributed by atoms with E-state index < -0.39 is 0 Å². The molecule has 19 heavy (non-hydrogen) atoms. The van der Waals surface area contributed by atoms with Crippen LogP contribution in [0.2, 0.25) is 0 Å². The fraction of sp³-hybridized carbons (Fsp3) is 0.333. The topological polar surface area (TPSA) is 55.1 Å². The van der Waals surface area contributed by atoms with E-state index in [2.05, 4.69) is 10.3 Å². The average Bonchev–Trinajstić information content (AvgIpc) is 2.74. The van der Waals surface area contributed by atoms with Gasteiger partial charge < -0.3 is 9.73 Å². The smallest absolute Gasteiger partial charge is 0.293 e. The molecule has 0 unspecified atom stereocenters. The Labute approximate surface area is 112 Å². The van der Waals surface area contributed by atoms with E-state index in [1.807, 2.05) is 45.0 Å². The van der Waals surface area contributed by atoms with Crippen LogP contribution in [0, 0.1) is 13.8 Å². The van der Waals surface area contributed by atoms with Gasteiger partial charge >= 0.3 is 0 Å². The summed E-state index contributed by atoms with van der Waals surface area (Å²) in [5, 5.41) is 2.86. The molecule has 1 heterocycles. The third-order valence-electron chi connectivity index (χ3n) is 2.91. The first-order chi connectivity index (χ1) is 8.99. The zero-order chi connectivity index (χ0) is 14.0. The maximum Gasteiger partial charge on any atom is 0.293 e. The number of hydrogen-bond donors (Lipinski definition) is 1. The first-order valence-corrected chi connectivity index (χ1v) is 6.33. The van der Waals surface area contributed by atoms with Gasteiger partial charge in [-0.1, -0.05) is 32.0 Å². The number of carbonyl (C=O) groups is 1. The normalized spacial score (nSPS) is 10.8. The van der Waals surface area contributed by atoms with Crippen LogP contribution in [0.4, 0.5) is 5.69 Å². The maximum atomic E-state index is 12.3. The van der Waals surface area contributed by atoms with Crippen molar-refractivity contribution in [3.63, 3.8) is 0 Å². The van der Waals surface area contributed by atoms with Gasteiger partial charge in [0.05, 0.1) is 5.69 Å². The van der Waals surface area contributed by atoms with Gasteiger partial charge in [0, 0.05) is 12.6 Å². The summed E-state index contributed by atoms with van der Waals surface area (Å²) in [6, 6.07) is 7.64. The number of benzene rings is 1. The number of amides is 1. The van der Waals surface area contributed by atoms with Crippen molar-refractivity contribution in [2.24, 2.45) is 0 Å². The highest BCUT2D eigenvalue weighted by molar-refractivity contribution is 6.03. The van der Waals surface area contributed by atoms with Crippen molar-refractivity contribution in [3.05, 3.63) is 47.2 Å². The monoisotopic (exact) mass is 258 g/mol. The van der Waals surface area contributed by atoms with Gasteiger partial charge in [-0.15, -0.1) is 0 Å². The van der Waals surface area contributed by atoms with Crippen molar-refractivity contribution >= 4 is 11.6 Å². The van der Waals surface area contributed by atoms with Crippen LogP contribution in [0.1, 0.15) is 47.5 Å². The fourth-order valence-corrected chi connectivity index (χ4v) is 1.89. The highest BCUT2D eigenvalue weighted by Gasteiger charge is 2.21. The summed E-state index contributed by atoms with van der Waals surface area (Å²) in [6.45, 7) is 7.67. The van der Waals surface area contributed by atoms with E-state index in [1.54, 1.807) is 6.92 Å². The number of para-hydroxylation sites is 1. The van der Waals surface area contributed by atoms with Gasteiger partial charge in [0.25, 0.3) is 5.91 Å². The van der Waals surface area contributed by atoms with Crippen LogP contribution in [0.3, 0.4) is 0 Å². The van der Waals surface area contributed by atoms with Crippen molar-refractivity contribution in [2.75, 3.05) is 5.32 Å². The molecular formula is C15H18N2O2. The molecule has 1 N–H and O–H groups in total. The average molecular weight is 258 g/mol. The fourth-order valence-electron chi connectivity index (χ4n) is 1.89. The van der Waals surface area contributed by atoms with E-state index in [0.29, 0.717) is 17.3 Å². The maximum absolute atomic E-state index is 12.3. The summed E-state index contributed by atoms with van der Waals surface area (Å²) < 4.78 is 5.43. The number of rotatable bonds is 3. The number of nitrogens with one attached hydrogen (secondary N) is 1. The summed E-state index contributed by atoms with van der Waals surface area (Å²) >= 11 is 0. The molecule has 0 spiro atoms. The molecule has 0 fully saturated rings. The summed E-state index contributed by atoms with van der Waals surface area (Å²) in [5.41, 5.74) is 2.50. The highest BCUT2D eigenvalue weighted by atomic mass is 16.4. The van der Waals surface area contributed by atoms with Crippen molar-refractivity contribution in [3.8, 4) is 0 Å². The first-order valence-electron chi connectivity index (χ1n) is 6.33. The Morgan fingerprint density at radius 3 is 2.58 bits per heavy atom. The lowest BCUT2D eigenvalue weighted by Crippen LogP contribution is -2.14. The van der Waals surface area contributed by atoms with Gasteiger partial charge in [0.1, 0.15) is 0 Å². The quantitative estimate of drug-likeness (QED) is 0.913. The number of aryl methyl sites for hydroxylation is 2. The van der Waals surface area contributed by atoms with Crippen LogP contribution in [-0.2, 0) is 0 Å². The zero-order valence-corrected chi connectivity index (χ0v) is 11.7. The molecule has 0 saturated carbocycles. The highest BCUT2D eigenvalue weighted by Crippen LogP contribution is 2.22. The lowest BCUT2D eigenvalue weighted by atomic mass is 10.1. The van der Waals surface area contributed by atoms with Gasteiger partial charge in [-0.3, -0.25) is 4.79 Å². The molecule has 0 aliphatic heterocycles. The second kappa shape index (κ2) is 5.26. The molecule has 1 aromatic carbocycles. The number of hydrogen-bond acceptors (Lipinski definition) is 3. The Hall–Kier alpha value is -2.10. The zero-order valence-electron chi connectivity index (χ0n) is 11.7. The van der Waals surface area contributed by atoms with E-state index in [1.165, 1.54) is 0 Å². The molecule has 2 rings (SSSR count). The third-order valence-corrected chi connectivity index (χ3v) is 2.91. The summed E-state index contributed by atoms with van der Waals surface area (Å²) in [5.74, 6) is 0.711.